The Morgan fingerprint density at radius 3 is 2.52 bits per heavy atom. The fourth-order valence-electron chi connectivity index (χ4n) is 5.49. The molecule has 2 N–H and O–H groups in total. The van der Waals surface area contributed by atoms with Crippen LogP contribution in [-0.2, 0) is 22.5 Å². The molecule has 0 atom stereocenters. The monoisotopic (exact) mass is 715 g/mol. The number of hydrogen-bond donors (Lipinski definition) is 1. The van der Waals surface area contributed by atoms with Crippen molar-refractivity contribution in [1.82, 2.24) is 14.5 Å². The maximum absolute atomic E-state index is 14.7. The number of benzene rings is 2. The van der Waals surface area contributed by atoms with Gasteiger partial charge in [-0.1, -0.05) is 11.6 Å². The first-order valence-electron chi connectivity index (χ1n) is 15.6. The molecule has 1 amide bonds. The smallest absolute Gasteiger partial charge is 0.406 e. The van der Waals surface area contributed by atoms with Gasteiger partial charge in [0.1, 0.15) is 47.5 Å². The minimum absolute atomic E-state index is 0.0926. The molecule has 2 aromatic carbocycles. The molecular formula is C34H34ClF4N7O4. The minimum Gasteiger partial charge on any atom is -0.497 e. The van der Waals surface area contributed by atoms with Gasteiger partial charge in [-0.05, 0) is 67.2 Å². The van der Waals surface area contributed by atoms with Gasteiger partial charge in [0, 0.05) is 48.5 Å². The third kappa shape index (κ3) is 8.76. The number of rotatable bonds is 8. The van der Waals surface area contributed by atoms with Crippen molar-refractivity contribution < 1.29 is 31.8 Å². The molecule has 1 fully saturated rings. The molecule has 0 spiro atoms. The standard InChI is InChI=1S/C20H18ClFN4O2.C14H16F3N3O2/c21-12-3-4-13(15(22)10-12)18-19-14(20(27)26-5-1-2-16(26)23-19)11-17(24-18)25-6-8-28-9-7-25;1-22-12-5-3-11(4-6-12)20(10-14(15,16)17)13(21)9-19-8-2-7-18/h3-4,10-11H,1-2,5-9H2;2-8H,9-10,18H2,1H3/b;7-2-,19-8?. The van der Waals surface area contributed by atoms with Crippen LogP contribution in [-0.4, -0.2) is 79.3 Å². The molecule has 0 bridgehead atoms. The molecular weight excluding hydrogens is 682 g/mol. The molecule has 4 heterocycles. The maximum atomic E-state index is 14.7. The van der Waals surface area contributed by atoms with Crippen LogP contribution in [0.25, 0.3) is 22.2 Å². The van der Waals surface area contributed by atoms with Crippen LogP contribution in [0.5, 0.6) is 5.75 Å². The number of aliphatic imine (C=N–C) groups is 1. The minimum atomic E-state index is -4.52. The number of ether oxygens (including phenoxy) is 2. The molecule has 264 valence electrons. The first-order chi connectivity index (χ1) is 24.0. The fourth-order valence-corrected chi connectivity index (χ4v) is 5.64. The second kappa shape index (κ2) is 16.1. The number of aromatic nitrogens is 3. The third-order valence-electron chi connectivity index (χ3n) is 7.86. The number of amides is 1. The van der Waals surface area contributed by atoms with E-state index in [-0.39, 0.29) is 11.2 Å². The lowest BCUT2D eigenvalue weighted by Gasteiger charge is -2.28. The van der Waals surface area contributed by atoms with Crippen LogP contribution in [0.4, 0.5) is 29.1 Å². The molecule has 0 radical (unpaired) electrons. The normalized spacial score (nSPS) is 14.6. The van der Waals surface area contributed by atoms with Crippen LogP contribution < -0.4 is 25.8 Å². The van der Waals surface area contributed by atoms with Gasteiger partial charge in [-0.15, -0.1) is 0 Å². The highest BCUT2D eigenvalue weighted by atomic mass is 35.5. The van der Waals surface area contributed by atoms with Gasteiger partial charge in [-0.25, -0.2) is 14.4 Å². The largest absolute Gasteiger partial charge is 0.497 e. The van der Waals surface area contributed by atoms with Gasteiger partial charge in [0.15, 0.2) is 0 Å². The van der Waals surface area contributed by atoms with Crippen molar-refractivity contribution in [3.8, 4) is 17.0 Å². The van der Waals surface area contributed by atoms with E-state index in [1.807, 2.05) is 0 Å². The molecule has 50 heavy (non-hydrogen) atoms. The molecule has 2 aliphatic rings. The number of allylic oxidation sites excluding steroid dienone is 1. The number of carbonyl (C=O) groups excluding carboxylic acids is 1. The Morgan fingerprint density at radius 1 is 1.12 bits per heavy atom. The number of pyridine rings is 1. The third-order valence-corrected chi connectivity index (χ3v) is 8.10. The number of halogens is 5. The second-order valence-electron chi connectivity index (χ2n) is 11.2. The van der Waals surface area contributed by atoms with E-state index >= 15 is 0 Å². The van der Waals surface area contributed by atoms with Crippen molar-refractivity contribution in [2.24, 2.45) is 10.7 Å². The summed E-state index contributed by atoms with van der Waals surface area (Å²) in [5.74, 6) is 0.591. The highest BCUT2D eigenvalue weighted by Crippen LogP contribution is 2.32. The van der Waals surface area contributed by atoms with Crippen molar-refractivity contribution in [3.05, 3.63) is 87.8 Å². The summed E-state index contributed by atoms with van der Waals surface area (Å²) in [7, 11) is 1.44. The molecule has 6 rings (SSSR count). The molecule has 11 nitrogen and oxygen atoms in total. The lowest BCUT2D eigenvalue weighted by molar-refractivity contribution is -0.131. The Kier molecular flexibility index (Phi) is 11.7. The number of morpholine rings is 1. The van der Waals surface area contributed by atoms with E-state index in [0.717, 1.165) is 18.7 Å². The average Bonchev–Trinajstić information content (AvgIpc) is 3.59. The summed E-state index contributed by atoms with van der Waals surface area (Å²) in [6.45, 7) is 1.38. The molecule has 0 saturated carbocycles. The van der Waals surface area contributed by atoms with Crippen LogP contribution in [0, 0.1) is 5.82 Å². The van der Waals surface area contributed by atoms with E-state index in [2.05, 4.69) is 9.89 Å². The zero-order chi connectivity index (χ0) is 35.8. The number of hydrogen-bond acceptors (Lipinski definition) is 9. The van der Waals surface area contributed by atoms with Gasteiger partial charge in [0.2, 0.25) is 5.91 Å². The van der Waals surface area contributed by atoms with Crippen LogP contribution in [0.1, 0.15) is 12.2 Å². The van der Waals surface area contributed by atoms with Crippen LogP contribution in [0.2, 0.25) is 5.02 Å². The van der Waals surface area contributed by atoms with Crippen molar-refractivity contribution in [3.63, 3.8) is 0 Å². The van der Waals surface area contributed by atoms with Crippen LogP contribution >= 0.6 is 11.6 Å². The van der Waals surface area contributed by atoms with Crippen LogP contribution in [0.3, 0.4) is 0 Å². The van der Waals surface area contributed by atoms with E-state index in [1.165, 1.54) is 55.9 Å². The molecule has 0 aliphatic carbocycles. The number of nitrogens with two attached hydrogens (primary N) is 1. The first kappa shape index (κ1) is 36.3. The quantitative estimate of drug-likeness (QED) is 0.196. The summed E-state index contributed by atoms with van der Waals surface area (Å²) in [5, 5.41) is 0.773. The second-order valence-corrected chi connectivity index (χ2v) is 11.6. The van der Waals surface area contributed by atoms with E-state index in [1.54, 1.807) is 22.8 Å². The maximum Gasteiger partial charge on any atom is 0.406 e. The Morgan fingerprint density at radius 2 is 1.86 bits per heavy atom. The number of carbonyl (C=O) groups is 1. The summed E-state index contributed by atoms with van der Waals surface area (Å²) in [6, 6.07) is 12.0. The number of fused-ring (bicyclic) bond motifs is 2. The lowest BCUT2D eigenvalue weighted by atomic mass is 10.1. The summed E-state index contributed by atoms with van der Waals surface area (Å²) >= 11 is 5.93. The highest BCUT2D eigenvalue weighted by Gasteiger charge is 2.33. The van der Waals surface area contributed by atoms with Crippen LogP contribution in [0.15, 0.2) is 70.6 Å². The summed E-state index contributed by atoms with van der Waals surface area (Å²) in [5.41, 5.74) is 6.21. The van der Waals surface area contributed by atoms with Gasteiger partial charge in [0.05, 0.1) is 25.7 Å². The molecule has 2 aromatic heterocycles. The van der Waals surface area contributed by atoms with Gasteiger partial charge < -0.3 is 25.0 Å². The SMILES string of the molecule is COc1ccc(N(CC(F)(F)F)C(=O)CN=C/C=C\N)cc1.O=c1c2cc(N3CCOCC3)nc(-c3ccc(Cl)cc3F)c2nc2n1CCC2. The summed E-state index contributed by atoms with van der Waals surface area (Å²) in [6.07, 6.45) is 0.916. The Hall–Kier alpha value is -5.02. The Bertz CT molecular complexity index is 1950. The topological polar surface area (TPSA) is 128 Å². The molecule has 1 saturated heterocycles. The van der Waals surface area contributed by atoms with Gasteiger partial charge in [-0.3, -0.25) is 19.1 Å². The van der Waals surface area contributed by atoms with Crippen molar-refractivity contribution >= 4 is 46.1 Å². The first-order valence-corrected chi connectivity index (χ1v) is 16.0. The fraction of sp³-hybridized carbons (Fsp3) is 0.324. The van der Waals surface area contributed by atoms with Gasteiger partial charge in [-0.2, -0.15) is 13.2 Å². The van der Waals surface area contributed by atoms with Crippen molar-refractivity contribution in [2.75, 3.05) is 56.3 Å². The summed E-state index contributed by atoms with van der Waals surface area (Å²) in [4.78, 5) is 40.9. The zero-order valence-electron chi connectivity index (χ0n) is 27.0. The average molecular weight is 716 g/mol. The summed E-state index contributed by atoms with van der Waals surface area (Å²) < 4.78 is 64.8. The van der Waals surface area contributed by atoms with E-state index in [9.17, 15) is 27.2 Å². The Balaban J connectivity index is 0.000000202. The van der Waals surface area contributed by atoms with E-state index in [0.29, 0.717) is 76.5 Å². The zero-order valence-corrected chi connectivity index (χ0v) is 27.8. The van der Waals surface area contributed by atoms with Crippen molar-refractivity contribution in [1.29, 1.82) is 0 Å². The highest BCUT2D eigenvalue weighted by molar-refractivity contribution is 6.30. The van der Waals surface area contributed by atoms with Gasteiger partial charge in [0.25, 0.3) is 5.56 Å². The van der Waals surface area contributed by atoms with E-state index < -0.39 is 31.0 Å². The van der Waals surface area contributed by atoms with E-state index in [4.69, 9.17) is 36.8 Å². The Labute approximate surface area is 289 Å². The number of nitrogens with zero attached hydrogens (tertiary/aromatic N) is 6. The molecule has 4 aromatic rings. The molecule has 16 heteroatoms. The number of anilines is 2. The van der Waals surface area contributed by atoms with Gasteiger partial charge >= 0.3 is 6.18 Å². The predicted octanol–water partition coefficient (Wildman–Crippen LogP) is 5.17. The number of methoxy groups -OCH3 is 1. The lowest BCUT2D eigenvalue weighted by Crippen LogP contribution is -2.40. The number of alkyl halides is 3. The molecule has 0 unspecified atom stereocenters. The molecule has 2 aliphatic heterocycles. The predicted molar refractivity (Wildman–Crippen MR) is 184 cm³/mol. The number of aryl methyl sites for hydroxylation is 1. The van der Waals surface area contributed by atoms with Crippen molar-refractivity contribution in [2.45, 2.75) is 25.6 Å².